The van der Waals surface area contributed by atoms with Gasteiger partial charge < -0.3 is 15.4 Å². The molecule has 1 aliphatic carbocycles. The lowest BCUT2D eigenvalue weighted by molar-refractivity contribution is -0.122. The molecule has 0 saturated heterocycles. The second-order valence-corrected chi connectivity index (χ2v) is 6.81. The predicted molar refractivity (Wildman–Crippen MR) is 86.2 cm³/mol. The van der Waals surface area contributed by atoms with E-state index in [0.717, 1.165) is 25.7 Å². The minimum absolute atomic E-state index is 0.0372. The minimum atomic E-state index is -0.501. The molecule has 2 N–H and O–H groups in total. The second-order valence-electron chi connectivity index (χ2n) is 6.81. The normalized spacial score (nSPS) is 21.5. The molecule has 0 heterocycles. The average Bonchev–Trinajstić information content (AvgIpc) is 2.42. The summed E-state index contributed by atoms with van der Waals surface area (Å²) in [6.07, 6.45) is 9.86. The summed E-state index contributed by atoms with van der Waals surface area (Å²) in [5.41, 5.74) is -0.501. The molecule has 5 nitrogen and oxygen atoms in total. The van der Waals surface area contributed by atoms with Gasteiger partial charge in [0.05, 0.1) is 0 Å². The fourth-order valence-corrected chi connectivity index (χ4v) is 2.46. The number of amides is 2. The molecule has 0 aromatic rings. The van der Waals surface area contributed by atoms with E-state index in [9.17, 15) is 9.59 Å². The van der Waals surface area contributed by atoms with E-state index in [0.29, 0.717) is 25.3 Å². The summed E-state index contributed by atoms with van der Waals surface area (Å²) in [5.74, 6) is 3.19. The molecule has 0 aromatic heterocycles. The standard InChI is InChI=1S/C17H28N2O3/c1-5-13-8-10-14(11-9-13)19-15(20)7-6-12-18-16(21)22-17(2,3)4/h1,13-14H,6-12H2,2-4H3,(H,18,21)(H,19,20). The first-order valence-corrected chi connectivity index (χ1v) is 8.02. The maximum Gasteiger partial charge on any atom is 0.407 e. The molecule has 124 valence electrons. The van der Waals surface area contributed by atoms with Crippen LogP contribution in [0.25, 0.3) is 0 Å². The fraction of sp³-hybridized carbons (Fsp3) is 0.765. The highest BCUT2D eigenvalue weighted by Crippen LogP contribution is 2.23. The van der Waals surface area contributed by atoms with Gasteiger partial charge in [0.15, 0.2) is 0 Å². The van der Waals surface area contributed by atoms with Crippen LogP contribution in [0.4, 0.5) is 4.79 Å². The Hall–Kier alpha value is -1.70. The first-order valence-electron chi connectivity index (χ1n) is 8.02. The van der Waals surface area contributed by atoms with Crippen LogP contribution in [0.5, 0.6) is 0 Å². The number of rotatable bonds is 5. The maximum atomic E-state index is 11.8. The van der Waals surface area contributed by atoms with E-state index < -0.39 is 11.7 Å². The summed E-state index contributed by atoms with van der Waals surface area (Å²) in [6.45, 7) is 5.88. The third kappa shape index (κ3) is 7.92. The van der Waals surface area contributed by atoms with Crippen molar-refractivity contribution in [3.8, 4) is 12.3 Å². The van der Waals surface area contributed by atoms with Gasteiger partial charge in [-0.25, -0.2) is 4.79 Å². The molecular formula is C17H28N2O3. The molecular weight excluding hydrogens is 280 g/mol. The van der Waals surface area contributed by atoms with Crippen molar-refractivity contribution in [3.05, 3.63) is 0 Å². The molecule has 2 amide bonds. The Kier molecular flexibility index (Phi) is 7.23. The summed E-state index contributed by atoms with van der Waals surface area (Å²) >= 11 is 0. The van der Waals surface area contributed by atoms with E-state index in [-0.39, 0.29) is 11.9 Å². The third-order valence-electron chi connectivity index (χ3n) is 3.58. The Morgan fingerprint density at radius 3 is 2.41 bits per heavy atom. The number of hydrogen-bond acceptors (Lipinski definition) is 3. The SMILES string of the molecule is C#CC1CCC(NC(=O)CCCNC(=O)OC(C)(C)C)CC1. The largest absolute Gasteiger partial charge is 0.444 e. The summed E-state index contributed by atoms with van der Waals surface area (Å²) < 4.78 is 5.12. The van der Waals surface area contributed by atoms with Crippen molar-refractivity contribution in [2.24, 2.45) is 5.92 Å². The van der Waals surface area contributed by atoms with Gasteiger partial charge in [-0.2, -0.15) is 0 Å². The minimum Gasteiger partial charge on any atom is -0.444 e. The molecule has 0 unspecified atom stereocenters. The predicted octanol–water partition coefficient (Wildman–Crippen LogP) is 2.60. The van der Waals surface area contributed by atoms with Crippen LogP contribution in [-0.2, 0) is 9.53 Å². The summed E-state index contributed by atoms with van der Waals surface area (Å²) in [5, 5.41) is 5.69. The number of terminal acetylenes is 1. The van der Waals surface area contributed by atoms with Crippen molar-refractivity contribution in [3.63, 3.8) is 0 Å². The summed E-state index contributed by atoms with van der Waals surface area (Å²) in [6, 6.07) is 0.246. The van der Waals surface area contributed by atoms with E-state index in [2.05, 4.69) is 16.6 Å². The highest BCUT2D eigenvalue weighted by Gasteiger charge is 2.21. The zero-order valence-corrected chi connectivity index (χ0v) is 13.9. The van der Waals surface area contributed by atoms with Gasteiger partial charge in [0.1, 0.15) is 5.60 Å². The van der Waals surface area contributed by atoms with Crippen LogP contribution in [0, 0.1) is 18.3 Å². The Morgan fingerprint density at radius 1 is 1.23 bits per heavy atom. The Bertz CT molecular complexity index is 413. The van der Waals surface area contributed by atoms with E-state index in [1.165, 1.54) is 0 Å². The lowest BCUT2D eigenvalue weighted by Gasteiger charge is -2.26. The van der Waals surface area contributed by atoms with Crippen LogP contribution in [-0.4, -0.2) is 30.2 Å². The van der Waals surface area contributed by atoms with Crippen LogP contribution in [0.15, 0.2) is 0 Å². The Labute approximate surface area is 133 Å². The number of ether oxygens (including phenoxy) is 1. The zero-order valence-electron chi connectivity index (χ0n) is 13.9. The molecule has 1 aliphatic rings. The van der Waals surface area contributed by atoms with Crippen LogP contribution < -0.4 is 10.6 Å². The molecule has 0 spiro atoms. The lowest BCUT2D eigenvalue weighted by Crippen LogP contribution is -2.38. The Balaban J connectivity index is 2.09. The van der Waals surface area contributed by atoms with Crippen LogP contribution in [0.3, 0.4) is 0 Å². The van der Waals surface area contributed by atoms with E-state index in [1.807, 2.05) is 20.8 Å². The number of carbonyl (C=O) groups is 2. The quantitative estimate of drug-likeness (QED) is 0.606. The van der Waals surface area contributed by atoms with E-state index in [4.69, 9.17) is 11.2 Å². The van der Waals surface area contributed by atoms with Gasteiger partial charge in [-0.15, -0.1) is 12.3 Å². The molecule has 5 heteroatoms. The van der Waals surface area contributed by atoms with Crippen LogP contribution in [0.1, 0.15) is 59.3 Å². The molecule has 1 fully saturated rings. The molecule has 0 aliphatic heterocycles. The average molecular weight is 308 g/mol. The lowest BCUT2D eigenvalue weighted by atomic mass is 9.86. The number of hydrogen-bond donors (Lipinski definition) is 2. The number of carbonyl (C=O) groups excluding carboxylic acids is 2. The molecule has 0 atom stereocenters. The van der Waals surface area contributed by atoms with E-state index in [1.54, 1.807) is 0 Å². The Morgan fingerprint density at radius 2 is 1.86 bits per heavy atom. The van der Waals surface area contributed by atoms with Crippen molar-refractivity contribution < 1.29 is 14.3 Å². The number of nitrogens with one attached hydrogen (secondary N) is 2. The van der Waals surface area contributed by atoms with Gasteiger partial charge in [-0.1, -0.05) is 0 Å². The van der Waals surface area contributed by atoms with Crippen molar-refractivity contribution in [1.82, 2.24) is 10.6 Å². The van der Waals surface area contributed by atoms with Gasteiger partial charge in [0.2, 0.25) is 5.91 Å². The van der Waals surface area contributed by atoms with Gasteiger partial charge in [-0.05, 0) is 52.9 Å². The van der Waals surface area contributed by atoms with Crippen molar-refractivity contribution in [1.29, 1.82) is 0 Å². The smallest absolute Gasteiger partial charge is 0.407 e. The summed E-state index contributed by atoms with van der Waals surface area (Å²) in [7, 11) is 0. The van der Waals surface area contributed by atoms with Crippen LogP contribution >= 0.6 is 0 Å². The van der Waals surface area contributed by atoms with Gasteiger partial charge in [0.25, 0.3) is 0 Å². The first-order chi connectivity index (χ1) is 10.3. The fourth-order valence-electron chi connectivity index (χ4n) is 2.46. The number of alkyl carbamates (subject to hydrolysis) is 1. The van der Waals surface area contributed by atoms with Gasteiger partial charge >= 0.3 is 6.09 Å². The third-order valence-corrected chi connectivity index (χ3v) is 3.58. The highest BCUT2D eigenvalue weighted by molar-refractivity contribution is 5.76. The molecule has 0 radical (unpaired) electrons. The molecule has 22 heavy (non-hydrogen) atoms. The van der Waals surface area contributed by atoms with Crippen LogP contribution in [0.2, 0.25) is 0 Å². The van der Waals surface area contributed by atoms with Crippen molar-refractivity contribution in [2.75, 3.05) is 6.54 Å². The zero-order chi connectivity index (χ0) is 16.6. The first kappa shape index (κ1) is 18.3. The molecule has 1 rings (SSSR count). The van der Waals surface area contributed by atoms with Crippen molar-refractivity contribution >= 4 is 12.0 Å². The van der Waals surface area contributed by atoms with Gasteiger partial charge in [0, 0.05) is 24.9 Å². The highest BCUT2D eigenvalue weighted by atomic mass is 16.6. The topological polar surface area (TPSA) is 67.4 Å². The molecule has 0 aromatic carbocycles. The monoisotopic (exact) mass is 308 g/mol. The second kappa shape index (κ2) is 8.67. The molecule has 1 saturated carbocycles. The molecule has 0 bridgehead atoms. The van der Waals surface area contributed by atoms with Crippen molar-refractivity contribution in [2.45, 2.75) is 70.9 Å². The maximum absolute atomic E-state index is 11.8. The summed E-state index contributed by atoms with van der Waals surface area (Å²) in [4.78, 5) is 23.3. The van der Waals surface area contributed by atoms with Gasteiger partial charge in [-0.3, -0.25) is 4.79 Å². The van der Waals surface area contributed by atoms with E-state index >= 15 is 0 Å².